The van der Waals surface area contributed by atoms with E-state index in [-0.39, 0.29) is 11.9 Å². The number of piperazine rings is 1. The molecular formula is C24H28Cl2N4O. The summed E-state index contributed by atoms with van der Waals surface area (Å²) in [4.78, 5) is 22.9. The van der Waals surface area contributed by atoms with Crippen molar-refractivity contribution in [3.8, 4) is 0 Å². The molecule has 4 rings (SSSR count). The van der Waals surface area contributed by atoms with Gasteiger partial charge in [-0.3, -0.25) is 4.79 Å². The number of fused-ring (bicyclic) bond motifs is 1. The number of likely N-dealkylation sites (N-methyl/N-ethyl adjacent to an activating group) is 1. The van der Waals surface area contributed by atoms with Crippen LogP contribution >= 0.6 is 23.2 Å². The molecule has 1 fully saturated rings. The van der Waals surface area contributed by atoms with Gasteiger partial charge in [0.2, 0.25) is 5.91 Å². The van der Waals surface area contributed by atoms with Crippen molar-refractivity contribution in [2.45, 2.75) is 32.7 Å². The highest BCUT2D eigenvalue weighted by Gasteiger charge is 2.30. The number of hydrogen-bond acceptors (Lipinski definition) is 3. The zero-order chi connectivity index (χ0) is 22.0. The summed E-state index contributed by atoms with van der Waals surface area (Å²) in [5.74, 6) is 1.00. The molecule has 2 aromatic carbocycles. The maximum absolute atomic E-state index is 13.6. The van der Waals surface area contributed by atoms with E-state index >= 15 is 0 Å². The molecule has 5 nitrogen and oxygen atoms in total. The van der Waals surface area contributed by atoms with Gasteiger partial charge >= 0.3 is 0 Å². The first-order valence-corrected chi connectivity index (χ1v) is 11.7. The predicted octanol–water partition coefficient (Wildman–Crippen LogP) is 5.05. The molecule has 31 heavy (non-hydrogen) atoms. The van der Waals surface area contributed by atoms with Crippen LogP contribution in [0, 0.1) is 0 Å². The fraction of sp³-hybridized carbons (Fsp3) is 0.417. The minimum Gasteiger partial charge on any atom is -0.338 e. The topological polar surface area (TPSA) is 41.4 Å². The highest BCUT2D eigenvalue weighted by atomic mass is 35.5. The smallest absolute Gasteiger partial charge is 0.245 e. The molecule has 0 spiro atoms. The van der Waals surface area contributed by atoms with Crippen LogP contribution in [-0.2, 0) is 11.2 Å². The van der Waals surface area contributed by atoms with E-state index in [0.717, 1.165) is 55.1 Å². The SMILES string of the molecule is CC[C@H](C(=O)N1CCN(CC)CC1)n1c(Cc2ccccc2)nc2cc(Cl)c(Cl)cc21. The minimum absolute atomic E-state index is 0.151. The van der Waals surface area contributed by atoms with Gasteiger partial charge in [0, 0.05) is 32.6 Å². The van der Waals surface area contributed by atoms with E-state index in [1.165, 1.54) is 0 Å². The van der Waals surface area contributed by atoms with Gasteiger partial charge in [0.25, 0.3) is 0 Å². The average Bonchev–Trinajstić information content (AvgIpc) is 3.11. The van der Waals surface area contributed by atoms with Gasteiger partial charge in [-0.05, 0) is 30.7 Å². The first-order chi connectivity index (χ1) is 15.0. The largest absolute Gasteiger partial charge is 0.338 e. The van der Waals surface area contributed by atoms with Gasteiger partial charge in [-0.2, -0.15) is 0 Å². The number of imidazole rings is 1. The highest BCUT2D eigenvalue weighted by Crippen LogP contribution is 2.32. The molecule has 164 valence electrons. The second-order valence-electron chi connectivity index (χ2n) is 8.00. The lowest BCUT2D eigenvalue weighted by Crippen LogP contribution is -2.50. The maximum atomic E-state index is 13.6. The van der Waals surface area contributed by atoms with Crippen LogP contribution in [0.4, 0.5) is 0 Å². The fourth-order valence-electron chi connectivity index (χ4n) is 4.35. The summed E-state index contributed by atoms with van der Waals surface area (Å²) < 4.78 is 2.08. The molecule has 2 heterocycles. The van der Waals surface area contributed by atoms with Crippen LogP contribution in [0.15, 0.2) is 42.5 Å². The van der Waals surface area contributed by atoms with Crippen molar-refractivity contribution in [2.75, 3.05) is 32.7 Å². The van der Waals surface area contributed by atoms with Gasteiger partial charge < -0.3 is 14.4 Å². The van der Waals surface area contributed by atoms with Crippen LogP contribution < -0.4 is 0 Å². The van der Waals surface area contributed by atoms with Gasteiger partial charge in [0.05, 0.1) is 21.1 Å². The fourth-order valence-corrected chi connectivity index (χ4v) is 4.67. The van der Waals surface area contributed by atoms with Gasteiger partial charge in [-0.15, -0.1) is 0 Å². The third kappa shape index (κ3) is 4.59. The number of benzene rings is 2. The molecule has 1 aliphatic rings. The molecule has 0 N–H and O–H groups in total. The van der Waals surface area contributed by atoms with Crippen molar-refractivity contribution >= 4 is 40.1 Å². The Bertz CT molecular complexity index is 1060. The number of hydrogen-bond donors (Lipinski definition) is 0. The quantitative estimate of drug-likeness (QED) is 0.518. The number of nitrogens with zero attached hydrogens (tertiary/aromatic N) is 4. The normalized spacial score (nSPS) is 16.1. The van der Waals surface area contributed by atoms with E-state index in [0.29, 0.717) is 22.9 Å². The average molecular weight is 459 g/mol. The molecule has 1 amide bonds. The first kappa shape index (κ1) is 22.1. The first-order valence-electron chi connectivity index (χ1n) is 10.9. The Morgan fingerprint density at radius 2 is 1.71 bits per heavy atom. The van der Waals surface area contributed by atoms with Crippen molar-refractivity contribution in [3.63, 3.8) is 0 Å². The van der Waals surface area contributed by atoms with Crippen molar-refractivity contribution < 1.29 is 4.79 Å². The highest BCUT2D eigenvalue weighted by molar-refractivity contribution is 6.42. The summed E-state index contributed by atoms with van der Waals surface area (Å²) in [7, 11) is 0. The molecule has 0 radical (unpaired) electrons. The van der Waals surface area contributed by atoms with Crippen molar-refractivity contribution in [3.05, 3.63) is 63.9 Å². The van der Waals surface area contributed by atoms with E-state index in [9.17, 15) is 4.79 Å². The van der Waals surface area contributed by atoms with E-state index in [1.54, 1.807) is 6.07 Å². The zero-order valence-corrected chi connectivity index (χ0v) is 19.5. The lowest BCUT2D eigenvalue weighted by Gasteiger charge is -2.36. The van der Waals surface area contributed by atoms with Crippen LogP contribution in [0.3, 0.4) is 0 Å². The second kappa shape index (κ2) is 9.60. The van der Waals surface area contributed by atoms with Crippen LogP contribution in [0.5, 0.6) is 0 Å². The molecule has 1 saturated heterocycles. The molecule has 0 aliphatic carbocycles. The number of aromatic nitrogens is 2. The van der Waals surface area contributed by atoms with Gasteiger partial charge in [-0.25, -0.2) is 4.98 Å². The molecular weight excluding hydrogens is 431 g/mol. The molecule has 0 unspecified atom stereocenters. The van der Waals surface area contributed by atoms with Crippen LogP contribution in [-0.4, -0.2) is 58.0 Å². The van der Waals surface area contributed by atoms with E-state index in [2.05, 4.69) is 35.4 Å². The van der Waals surface area contributed by atoms with E-state index in [4.69, 9.17) is 28.2 Å². The Morgan fingerprint density at radius 3 is 2.35 bits per heavy atom. The zero-order valence-electron chi connectivity index (χ0n) is 18.0. The second-order valence-corrected chi connectivity index (χ2v) is 8.81. The minimum atomic E-state index is -0.325. The summed E-state index contributed by atoms with van der Waals surface area (Å²) in [6.07, 6.45) is 1.32. The van der Waals surface area contributed by atoms with Crippen molar-refractivity contribution in [1.29, 1.82) is 0 Å². The Kier molecular flexibility index (Phi) is 6.85. The maximum Gasteiger partial charge on any atom is 0.245 e. The summed E-state index contributed by atoms with van der Waals surface area (Å²) in [6.45, 7) is 8.59. The molecule has 3 aromatic rings. The number of rotatable bonds is 6. The Hall–Kier alpha value is -2.08. The van der Waals surface area contributed by atoms with Crippen molar-refractivity contribution in [2.24, 2.45) is 0 Å². The Balaban J connectivity index is 1.74. The van der Waals surface area contributed by atoms with E-state index < -0.39 is 0 Å². The summed E-state index contributed by atoms with van der Waals surface area (Å²) >= 11 is 12.6. The number of halogens is 2. The number of carbonyl (C=O) groups is 1. The van der Waals surface area contributed by atoms with Gasteiger partial charge in [-0.1, -0.05) is 67.4 Å². The summed E-state index contributed by atoms with van der Waals surface area (Å²) in [5, 5.41) is 0.945. The Labute approximate surface area is 193 Å². The molecule has 1 aliphatic heterocycles. The number of carbonyl (C=O) groups excluding carboxylic acids is 1. The van der Waals surface area contributed by atoms with Crippen LogP contribution in [0.1, 0.15) is 37.7 Å². The molecule has 1 aromatic heterocycles. The number of amides is 1. The Morgan fingerprint density at radius 1 is 1.03 bits per heavy atom. The van der Waals surface area contributed by atoms with Crippen LogP contribution in [0.2, 0.25) is 10.0 Å². The third-order valence-electron chi connectivity index (χ3n) is 6.12. The van der Waals surface area contributed by atoms with Crippen molar-refractivity contribution in [1.82, 2.24) is 19.4 Å². The lowest BCUT2D eigenvalue weighted by atomic mass is 10.1. The predicted molar refractivity (Wildman–Crippen MR) is 127 cm³/mol. The standard InChI is InChI=1S/C24H28Cl2N4O/c1-3-21(24(31)29-12-10-28(4-2)11-13-29)30-22-16-19(26)18(25)15-20(22)27-23(30)14-17-8-6-5-7-9-17/h5-9,15-16,21H,3-4,10-14H2,1-2H3/t21-/m1/s1. The molecule has 7 heteroatoms. The lowest BCUT2D eigenvalue weighted by molar-refractivity contribution is -0.136. The van der Waals surface area contributed by atoms with Gasteiger partial charge in [0.15, 0.2) is 0 Å². The van der Waals surface area contributed by atoms with Crippen LogP contribution in [0.25, 0.3) is 11.0 Å². The summed E-state index contributed by atoms with van der Waals surface area (Å²) in [6, 6.07) is 13.5. The summed E-state index contributed by atoms with van der Waals surface area (Å²) in [5.41, 5.74) is 2.77. The molecule has 0 saturated carbocycles. The van der Waals surface area contributed by atoms with E-state index in [1.807, 2.05) is 29.2 Å². The molecule has 0 bridgehead atoms. The van der Waals surface area contributed by atoms with Gasteiger partial charge in [0.1, 0.15) is 11.9 Å². The third-order valence-corrected chi connectivity index (χ3v) is 6.85. The molecule has 1 atom stereocenters. The monoisotopic (exact) mass is 458 g/mol.